The van der Waals surface area contributed by atoms with Crippen LogP contribution in [0.2, 0.25) is 5.02 Å². The van der Waals surface area contributed by atoms with Gasteiger partial charge in [-0.25, -0.2) is 14.4 Å². The fourth-order valence-corrected chi connectivity index (χ4v) is 2.51. The lowest BCUT2D eigenvalue weighted by molar-refractivity contribution is 0.283. The van der Waals surface area contributed by atoms with E-state index in [1.165, 1.54) is 18.0 Å². The highest BCUT2D eigenvalue weighted by atomic mass is 35.5. The Bertz CT molecular complexity index is 607. The first-order valence-electron chi connectivity index (χ1n) is 6.47. The van der Waals surface area contributed by atoms with Gasteiger partial charge in [0.25, 0.3) is 0 Å². The van der Waals surface area contributed by atoms with Crippen molar-refractivity contribution in [3.8, 4) is 0 Å². The summed E-state index contributed by atoms with van der Waals surface area (Å²) in [6.07, 6.45) is 1.51. The molecule has 110 valence electrons. The van der Waals surface area contributed by atoms with Crippen molar-refractivity contribution in [2.24, 2.45) is 0 Å². The number of aliphatic hydroxyl groups excluding tert-OH is 1. The summed E-state index contributed by atoms with van der Waals surface area (Å²) in [6.45, 7) is 7.28. The topological polar surface area (TPSA) is 46.0 Å². The number of rotatable bonds is 3. The van der Waals surface area contributed by atoms with Gasteiger partial charge >= 0.3 is 0 Å². The Hall–Kier alpha value is -0.910. The van der Waals surface area contributed by atoms with Gasteiger partial charge in [-0.1, -0.05) is 44.1 Å². The van der Waals surface area contributed by atoms with Gasteiger partial charge in [0.05, 0.1) is 11.6 Å². The maximum atomic E-state index is 14.1. The summed E-state index contributed by atoms with van der Waals surface area (Å²) in [6, 6.07) is 0. The highest BCUT2D eigenvalue weighted by molar-refractivity contribution is 7.99. The molecule has 0 aliphatic carbocycles. The van der Waals surface area contributed by atoms with Gasteiger partial charge in [-0.15, -0.1) is 0 Å². The second-order valence-electron chi connectivity index (χ2n) is 3.74. The molecule has 0 radical (unpaired) electrons. The van der Waals surface area contributed by atoms with Gasteiger partial charge in [0.15, 0.2) is 11.0 Å². The molecule has 20 heavy (non-hydrogen) atoms. The largest absolute Gasteiger partial charge is 0.392 e. The lowest BCUT2D eigenvalue weighted by atomic mass is 10.1. The van der Waals surface area contributed by atoms with Crippen LogP contribution in [0, 0.1) is 12.7 Å². The fraction of sp³-hybridized carbons (Fsp3) is 0.429. The van der Waals surface area contributed by atoms with Crippen LogP contribution in [0.15, 0.2) is 11.4 Å². The van der Waals surface area contributed by atoms with Crippen LogP contribution >= 0.6 is 23.4 Å². The van der Waals surface area contributed by atoms with Gasteiger partial charge in [0.2, 0.25) is 0 Å². The molecule has 2 aromatic rings. The van der Waals surface area contributed by atoms with Crippen LogP contribution in [0.4, 0.5) is 4.39 Å². The molecule has 0 saturated carbocycles. The van der Waals surface area contributed by atoms with E-state index in [0.29, 0.717) is 21.7 Å². The normalized spacial score (nSPS) is 10.3. The lowest BCUT2D eigenvalue weighted by Crippen LogP contribution is -1.99. The first-order valence-corrected chi connectivity index (χ1v) is 7.83. The van der Waals surface area contributed by atoms with E-state index in [1.807, 2.05) is 20.8 Å². The number of thioether (sulfide) groups is 1. The van der Waals surface area contributed by atoms with E-state index in [2.05, 4.69) is 9.97 Å². The monoisotopic (exact) mass is 316 g/mol. The third kappa shape index (κ3) is 3.22. The zero-order valence-corrected chi connectivity index (χ0v) is 13.6. The summed E-state index contributed by atoms with van der Waals surface area (Å²) in [7, 11) is 0. The number of fused-ring (bicyclic) bond motifs is 1. The predicted octanol–water partition coefficient (Wildman–Crippen LogP) is 4.36. The molecule has 0 amide bonds. The van der Waals surface area contributed by atoms with E-state index >= 15 is 0 Å². The molecule has 1 heterocycles. The van der Waals surface area contributed by atoms with E-state index in [-0.39, 0.29) is 17.1 Å². The summed E-state index contributed by atoms with van der Waals surface area (Å²) in [5, 5.41) is 10.6. The third-order valence-corrected chi connectivity index (χ3v) is 3.91. The minimum absolute atomic E-state index is 0.215. The summed E-state index contributed by atoms with van der Waals surface area (Å²) >= 11 is 7.46. The molecule has 1 aromatic carbocycles. The second-order valence-corrected chi connectivity index (χ2v) is 5.35. The minimum atomic E-state index is -0.451. The molecule has 0 aliphatic heterocycles. The zero-order chi connectivity index (χ0) is 15.3. The summed E-state index contributed by atoms with van der Waals surface area (Å²) in [4.78, 5) is 8.31. The predicted molar refractivity (Wildman–Crippen MR) is 82.9 cm³/mol. The molecule has 0 bridgehead atoms. The fourth-order valence-electron chi connectivity index (χ4n) is 1.73. The molecule has 6 heteroatoms. The van der Waals surface area contributed by atoms with E-state index in [1.54, 1.807) is 6.92 Å². The highest BCUT2D eigenvalue weighted by Crippen LogP contribution is 2.32. The van der Waals surface area contributed by atoms with E-state index in [9.17, 15) is 9.50 Å². The Labute approximate surface area is 127 Å². The smallest absolute Gasteiger partial charge is 0.188 e. The van der Waals surface area contributed by atoms with Gasteiger partial charge in [0.1, 0.15) is 5.52 Å². The van der Waals surface area contributed by atoms with E-state index < -0.39 is 5.82 Å². The van der Waals surface area contributed by atoms with Crippen LogP contribution in [0.5, 0.6) is 0 Å². The number of aliphatic hydroxyl groups is 1. The molecule has 0 saturated heterocycles. The summed E-state index contributed by atoms with van der Waals surface area (Å²) in [5.41, 5.74) is 0.991. The highest BCUT2D eigenvalue weighted by Gasteiger charge is 2.17. The molecule has 1 aromatic heterocycles. The number of hydrogen-bond acceptors (Lipinski definition) is 4. The van der Waals surface area contributed by atoms with Crippen molar-refractivity contribution in [2.45, 2.75) is 39.5 Å². The molecule has 0 atom stereocenters. The van der Waals surface area contributed by atoms with Gasteiger partial charge in [-0.3, -0.25) is 0 Å². The van der Waals surface area contributed by atoms with Crippen LogP contribution in [0.1, 0.15) is 31.9 Å². The number of nitrogens with zero attached hydrogens (tertiary/aromatic N) is 2. The maximum absolute atomic E-state index is 14.1. The molecule has 0 aliphatic rings. The van der Waals surface area contributed by atoms with Gasteiger partial charge in [-0.2, -0.15) is 0 Å². The molecule has 3 nitrogen and oxygen atoms in total. The molecule has 0 fully saturated rings. The molecule has 0 unspecified atom stereocenters. The van der Waals surface area contributed by atoms with Gasteiger partial charge in [-0.05, 0) is 12.7 Å². The maximum Gasteiger partial charge on any atom is 0.188 e. The number of aromatic nitrogens is 2. The second kappa shape index (κ2) is 7.76. The standard InChI is InChI=1S/C12H12ClFN2OS.C2H6/c1-3-18-12-15-4-7-8(5-17)9(13)6(2)10(14)11(7)16-12;1-2/h4,17H,3,5H2,1-2H3;1-2H3. The number of benzene rings is 1. The van der Waals surface area contributed by atoms with Crippen molar-refractivity contribution in [3.63, 3.8) is 0 Å². The van der Waals surface area contributed by atoms with Crippen molar-refractivity contribution >= 4 is 34.3 Å². The van der Waals surface area contributed by atoms with Crippen LogP contribution in [-0.4, -0.2) is 20.8 Å². The van der Waals surface area contributed by atoms with E-state index in [4.69, 9.17) is 11.6 Å². The summed E-state index contributed by atoms with van der Waals surface area (Å²) in [5.74, 6) is 0.361. The third-order valence-electron chi connectivity index (χ3n) is 2.65. The van der Waals surface area contributed by atoms with E-state index in [0.717, 1.165) is 5.75 Å². The average molecular weight is 317 g/mol. The molecule has 1 N–H and O–H groups in total. The molecule has 0 spiro atoms. The number of hydrogen-bond donors (Lipinski definition) is 1. The Balaban J connectivity index is 0.000000956. The van der Waals surface area contributed by atoms with Crippen molar-refractivity contribution < 1.29 is 9.50 Å². The van der Waals surface area contributed by atoms with Crippen LogP contribution < -0.4 is 0 Å². The van der Waals surface area contributed by atoms with Crippen LogP contribution in [0.3, 0.4) is 0 Å². The summed E-state index contributed by atoms with van der Waals surface area (Å²) < 4.78 is 14.1. The quantitative estimate of drug-likeness (QED) is 0.675. The SMILES string of the molecule is CC.CCSc1ncc2c(CO)c(Cl)c(C)c(F)c2n1. The van der Waals surface area contributed by atoms with Crippen LogP contribution in [-0.2, 0) is 6.61 Å². The van der Waals surface area contributed by atoms with Crippen molar-refractivity contribution in [1.29, 1.82) is 0 Å². The van der Waals surface area contributed by atoms with Crippen LogP contribution in [0.25, 0.3) is 10.9 Å². The molecular formula is C14H18ClFN2OS. The lowest BCUT2D eigenvalue weighted by Gasteiger charge is -2.11. The van der Waals surface area contributed by atoms with Crippen molar-refractivity contribution in [1.82, 2.24) is 9.97 Å². The molecular weight excluding hydrogens is 299 g/mol. The number of halogens is 2. The Morgan fingerprint density at radius 2 is 2.05 bits per heavy atom. The minimum Gasteiger partial charge on any atom is -0.392 e. The van der Waals surface area contributed by atoms with Gasteiger partial charge in [0, 0.05) is 22.7 Å². The zero-order valence-electron chi connectivity index (χ0n) is 12.0. The first-order chi connectivity index (χ1) is 9.60. The van der Waals surface area contributed by atoms with Crippen molar-refractivity contribution in [3.05, 3.63) is 28.2 Å². The first kappa shape index (κ1) is 17.1. The molecule has 2 rings (SSSR count). The Kier molecular flexibility index (Phi) is 6.65. The Morgan fingerprint density at radius 1 is 1.40 bits per heavy atom. The van der Waals surface area contributed by atoms with Gasteiger partial charge < -0.3 is 5.11 Å². The average Bonchev–Trinajstić information content (AvgIpc) is 2.48. The van der Waals surface area contributed by atoms with Crippen molar-refractivity contribution in [2.75, 3.05) is 5.75 Å². The Morgan fingerprint density at radius 3 is 2.60 bits per heavy atom.